The molecule has 0 bridgehead atoms. The van der Waals surface area contributed by atoms with Crippen molar-refractivity contribution in [1.29, 1.82) is 0 Å². The van der Waals surface area contributed by atoms with E-state index in [9.17, 15) is 4.79 Å². The van der Waals surface area contributed by atoms with Crippen LogP contribution in [0.5, 0.6) is 0 Å². The predicted molar refractivity (Wildman–Crippen MR) is 66.9 cm³/mol. The highest BCUT2D eigenvalue weighted by Crippen LogP contribution is 2.28. The lowest BCUT2D eigenvalue weighted by molar-refractivity contribution is -0.102. The molecule has 4 nitrogen and oxygen atoms in total. The van der Waals surface area contributed by atoms with Crippen LogP contribution in [-0.4, -0.2) is 41.9 Å². The van der Waals surface area contributed by atoms with E-state index in [-0.39, 0.29) is 6.09 Å². The molecule has 1 aliphatic heterocycles. The molecular formula is C13H21NO3. The molecule has 0 atom stereocenters. The molecule has 4 heteroatoms. The highest BCUT2D eigenvalue weighted by Gasteiger charge is 2.45. The first kappa shape index (κ1) is 13.8. The third-order valence-corrected chi connectivity index (χ3v) is 2.43. The molecule has 0 aromatic carbocycles. The first-order valence-electron chi connectivity index (χ1n) is 5.68. The zero-order valence-electron chi connectivity index (χ0n) is 10.9. The first-order chi connectivity index (χ1) is 7.82. The maximum atomic E-state index is 11.7. The molecular weight excluding hydrogens is 218 g/mol. The predicted octanol–water partition coefficient (Wildman–Crippen LogP) is 2.36. The standard InChI is InChI=1S/C13H21NO3/c1-6-8-16-13(7-2)9-14(10-13)11(15)17-12(3,4)5/h6-7H,1-2,8-10H2,3-5H3. The quantitative estimate of drug-likeness (QED) is 0.707. The molecule has 0 radical (unpaired) electrons. The molecule has 96 valence electrons. The number of nitrogens with zero attached hydrogens (tertiary/aromatic N) is 1. The van der Waals surface area contributed by atoms with Gasteiger partial charge in [-0.2, -0.15) is 0 Å². The maximum absolute atomic E-state index is 11.7. The fourth-order valence-electron chi connectivity index (χ4n) is 1.56. The van der Waals surface area contributed by atoms with E-state index in [0.717, 1.165) is 0 Å². The Morgan fingerprint density at radius 1 is 1.41 bits per heavy atom. The molecule has 0 aromatic heterocycles. The summed E-state index contributed by atoms with van der Waals surface area (Å²) in [5, 5.41) is 0. The Morgan fingerprint density at radius 2 is 2.00 bits per heavy atom. The van der Waals surface area contributed by atoms with E-state index in [0.29, 0.717) is 19.7 Å². The molecule has 1 rings (SSSR count). The molecule has 0 unspecified atom stereocenters. The molecule has 0 saturated carbocycles. The van der Waals surface area contributed by atoms with Crippen LogP contribution >= 0.6 is 0 Å². The van der Waals surface area contributed by atoms with E-state index in [4.69, 9.17) is 9.47 Å². The van der Waals surface area contributed by atoms with Gasteiger partial charge in [-0.25, -0.2) is 4.79 Å². The fraction of sp³-hybridized carbons (Fsp3) is 0.615. The van der Waals surface area contributed by atoms with E-state index in [2.05, 4.69) is 13.2 Å². The van der Waals surface area contributed by atoms with Crippen LogP contribution in [0.25, 0.3) is 0 Å². The summed E-state index contributed by atoms with van der Waals surface area (Å²) < 4.78 is 10.8. The molecule has 17 heavy (non-hydrogen) atoms. The molecule has 1 fully saturated rings. The van der Waals surface area contributed by atoms with Gasteiger partial charge in [-0.05, 0) is 20.8 Å². The number of ether oxygens (including phenoxy) is 2. The van der Waals surface area contributed by atoms with Crippen LogP contribution < -0.4 is 0 Å². The lowest BCUT2D eigenvalue weighted by Gasteiger charge is -2.47. The topological polar surface area (TPSA) is 38.8 Å². The first-order valence-corrected chi connectivity index (χ1v) is 5.68. The van der Waals surface area contributed by atoms with Crippen molar-refractivity contribution in [3.63, 3.8) is 0 Å². The number of likely N-dealkylation sites (tertiary alicyclic amines) is 1. The lowest BCUT2D eigenvalue weighted by atomic mass is 9.94. The van der Waals surface area contributed by atoms with Gasteiger partial charge in [0.2, 0.25) is 0 Å². The van der Waals surface area contributed by atoms with Crippen LogP contribution in [0.3, 0.4) is 0 Å². The number of hydrogen-bond donors (Lipinski definition) is 0. The molecule has 0 N–H and O–H groups in total. The minimum Gasteiger partial charge on any atom is -0.444 e. The molecule has 1 saturated heterocycles. The number of rotatable bonds is 4. The van der Waals surface area contributed by atoms with Crippen LogP contribution in [0.1, 0.15) is 20.8 Å². The van der Waals surface area contributed by atoms with E-state index in [1.165, 1.54) is 0 Å². The summed E-state index contributed by atoms with van der Waals surface area (Å²) in [6.07, 6.45) is 3.11. The zero-order chi connectivity index (χ0) is 13.1. The fourth-order valence-corrected chi connectivity index (χ4v) is 1.56. The molecule has 0 spiro atoms. The monoisotopic (exact) mass is 239 g/mol. The Balaban J connectivity index is 2.46. The van der Waals surface area contributed by atoms with Crippen LogP contribution in [0.4, 0.5) is 4.79 Å². The molecule has 1 amide bonds. The van der Waals surface area contributed by atoms with Gasteiger partial charge in [0.15, 0.2) is 0 Å². The van der Waals surface area contributed by atoms with Crippen molar-refractivity contribution in [2.24, 2.45) is 0 Å². The molecule has 1 aliphatic rings. The van der Waals surface area contributed by atoms with Gasteiger partial charge in [0.25, 0.3) is 0 Å². The number of carbonyl (C=O) groups is 1. The summed E-state index contributed by atoms with van der Waals surface area (Å²) in [4.78, 5) is 13.3. The van der Waals surface area contributed by atoms with Gasteiger partial charge in [-0.3, -0.25) is 0 Å². The summed E-state index contributed by atoms with van der Waals surface area (Å²) in [5.41, 5.74) is -0.906. The van der Waals surface area contributed by atoms with Gasteiger partial charge in [-0.15, -0.1) is 13.2 Å². The van der Waals surface area contributed by atoms with Crippen molar-refractivity contribution in [3.8, 4) is 0 Å². The van der Waals surface area contributed by atoms with Crippen molar-refractivity contribution in [3.05, 3.63) is 25.3 Å². The molecule has 0 aliphatic carbocycles. The Hall–Kier alpha value is -1.29. The van der Waals surface area contributed by atoms with Gasteiger partial charge in [0.05, 0.1) is 19.7 Å². The van der Waals surface area contributed by atoms with Crippen LogP contribution in [-0.2, 0) is 9.47 Å². The average molecular weight is 239 g/mol. The Morgan fingerprint density at radius 3 is 2.41 bits per heavy atom. The van der Waals surface area contributed by atoms with E-state index >= 15 is 0 Å². The van der Waals surface area contributed by atoms with Crippen LogP contribution in [0, 0.1) is 0 Å². The second-order valence-electron chi connectivity index (χ2n) is 5.20. The van der Waals surface area contributed by atoms with E-state index in [1.807, 2.05) is 20.8 Å². The van der Waals surface area contributed by atoms with Crippen molar-refractivity contribution in [2.75, 3.05) is 19.7 Å². The Bertz CT molecular complexity index is 311. The van der Waals surface area contributed by atoms with Crippen molar-refractivity contribution in [1.82, 2.24) is 4.90 Å². The van der Waals surface area contributed by atoms with Gasteiger partial charge in [0.1, 0.15) is 11.2 Å². The third-order valence-electron chi connectivity index (χ3n) is 2.43. The van der Waals surface area contributed by atoms with Crippen molar-refractivity contribution >= 4 is 6.09 Å². The van der Waals surface area contributed by atoms with Gasteiger partial charge < -0.3 is 14.4 Å². The smallest absolute Gasteiger partial charge is 0.410 e. The van der Waals surface area contributed by atoms with Crippen LogP contribution in [0.15, 0.2) is 25.3 Å². The lowest BCUT2D eigenvalue weighted by Crippen LogP contribution is -2.64. The van der Waals surface area contributed by atoms with E-state index < -0.39 is 11.2 Å². The summed E-state index contributed by atoms with van der Waals surface area (Å²) >= 11 is 0. The average Bonchev–Trinajstić information content (AvgIpc) is 2.14. The van der Waals surface area contributed by atoms with Crippen LogP contribution in [0.2, 0.25) is 0 Å². The number of amides is 1. The minimum atomic E-state index is -0.467. The minimum absolute atomic E-state index is 0.308. The third kappa shape index (κ3) is 3.60. The number of hydrogen-bond acceptors (Lipinski definition) is 3. The summed E-state index contributed by atoms with van der Waals surface area (Å²) in [5.74, 6) is 0. The summed E-state index contributed by atoms with van der Waals surface area (Å²) in [7, 11) is 0. The second-order valence-corrected chi connectivity index (χ2v) is 5.20. The van der Waals surface area contributed by atoms with Crippen molar-refractivity contribution in [2.45, 2.75) is 32.0 Å². The molecule has 1 heterocycles. The normalized spacial score (nSPS) is 18.2. The molecule has 0 aromatic rings. The second kappa shape index (κ2) is 4.92. The van der Waals surface area contributed by atoms with Gasteiger partial charge >= 0.3 is 6.09 Å². The highest BCUT2D eigenvalue weighted by molar-refractivity contribution is 5.70. The number of carbonyl (C=O) groups excluding carboxylic acids is 1. The van der Waals surface area contributed by atoms with Crippen molar-refractivity contribution < 1.29 is 14.3 Å². The largest absolute Gasteiger partial charge is 0.444 e. The zero-order valence-corrected chi connectivity index (χ0v) is 10.9. The van der Waals surface area contributed by atoms with Gasteiger partial charge in [0, 0.05) is 0 Å². The summed E-state index contributed by atoms with van der Waals surface area (Å²) in [6, 6.07) is 0. The van der Waals surface area contributed by atoms with Gasteiger partial charge in [-0.1, -0.05) is 12.2 Å². The maximum Gasteiger partial charge on any atom is 0.410 e. The Labute approximate surface area is 103 Å². The Kier molecular flexibility index (Phi) is 3.98. The summed E-state index contributed by atoms with van der Waals surface area (Å²) in [6.45, 7) is 14.3. The van der Waals surface area contributed by atoms with E-state index in [1.54, 1.807) is 17.1 Å². The highest BCUT2D eigenvalue weighted by atomic mass is 16.6. The SMILES string of the molecule is C=CCOC1(C=C)CN(C(=O)OC(C)(C)C)C1.